The Labute approximate surface area is 465 Å². The summed E-state index contributed by atoms with van der Waals surface area (Å²) >= 11 is 0. The normalized spacial score (nSPS) is 40.9. The minimum atomic E-state index is -0.287. The van der Waals surface area contributed by atoms with Gasteiger partial charge in [0.15, 0.2) is 0 Å². The van der Waals surface area contributed by atoms with Crippen LogP contribution in [0, 0.1) is 124 Å². The molecule has 0 saturated heterocycles. The highest BCUT2D eigenvalue weighted by Gasteiger charge is 2.54. The molecule has 0 heterocycles. The van der Waals surface area contributed by atoms with E-state index < -0.39 is 0 Å². The fraction of sp³-hybridized carbons (Fsp3) is 0.958. The van der Waals surface area contributed by atoms with Gasteiger partial charge in [0.05, 0.1) is 6.61 Å². The van der Waals surface area contributed by atoms with Gasteiger partial charge in [-0.05, 0) is 208 Å². The molecule has 0 spiro atoms. The maximum Gasteiger partial charge on any atom is 0.333 e. The summed E-state index contributed by atoms with van der Waals surface area (Å²) in [5, 5.41) is 0. The van der Waals surface area contributed by atoms with Crippen molar-refractivity contribution >= 4 is 5.97 Å². The minimum absolute atomic E-state index is 0.287. The molecular weight excluding hydrogens is 897 g/mol. The fourth-order valence-electron chi connectivity index (χ4n) is 17.2. The van der Waals surface area contributed by atoms with Gasteiger partial charge in [-0.2, -0.15) is 0 Å². The van der Waals surface area contributed by atoms with Gasteiger partial charge >= 0.3 is 5.97 Å². The number of fused-ring (bicyclic) bond motifs is 7. The SMILES string of the molecule is C=C(C)C(=O)OCC(C)CC.CC1C2CCC(C2)C1C.CC1CCC(C)CC1.CC1CCC(C2CCC(C)CC2)CC1.CC1CCCC(C)C1.CCC1CC2C3CC(CC)C(C3)C2C1.CCC1CCC(CC)CC1. The lowest BCUT2D eigenvalue weighted by Crippen LogP contribution is -2.24. The summed E-state index contributed by atoms with van der Waals surface area (Å²) < 4.78 is 4.92. The van der Waals surface area contributed by atoms with Crippen LogP contribution in [0.4, 0.5) is 0 Å². The summed E-state index contributed by atoms with van der Waals surface area (Å²) in [4.78, 5) is 10.8. The van der Waals surface area contributed by atoms with Gasteiger partial charge in [-0.3, -0.25) is 0 Å². The molecule has 10 fully saturated rings. The van der Waals surface area contributed by atoms with Gasteiger partial charge in [0.2, 0.25) is 0 Å². The smallest absolute Gasteiger partial charge is 0.333 e. The molecule has 0 amide bonds. The molecule has 0 N–H and O–H groups in total. The lowest BCUT2D eigenvalue weighted by Gasteiger charge is -2.36. The number of ether oxygens (including phenoxy) is 1. The highest BCUT2D eigenvalue weighted by molar-refractivity contribution is 5.86. The van der Waals surface area contributed by atoms with Crippen molar-refractivity contribution in [1.29, 1.82) is 0 Å². The summed E-state index contributed by atoms with van der Waals surface area (Å²) in [6.07, 6.45) is 47.8. The number of hydrogen-bond acceptors (Lipinski definition) is 2. The summed E-state index contributed by atoms with van der Waals surface area (Å²) in [6, 6.07) is 0. The minimum Gasteiger partial charge on any atom is -0.462 e. The third kappa shape index (κ3) is 22.4. The highest BCUT2D eigenvalue weighted by atomic mass is 16.5. The van der Waals surface area contributed by atoms with E-state index in [-0.39, 0.29) is 5.97 Å². The first kappa shape index (κ1) is 65.7. The lowest BCUT2D eigenvalue weighted by molar-refractivity contribution is -0.140. The van der Waals surface area contributed by atoms with E-state index in [1.165, 1.54) is 153 Å². The number of carbonyl (C=O) groups is 1. The molecule has 74 heavy (non-hydrogen) atoms. The van der Waals surface area contributed by atoms with Crippen LogP contribution in [0.3, 0.4) is 0 Å². The van der Waals surface area contributed by atoms with Crippen LogP contribution in [0.1, 0.15) is 309 Å². The summed E-state index contributed by atoms with van der Waals surface area (Å²) in [6.45, 7) is 38.4. The van der Waals surface area contributed by atoms with Crippen molar-refractivity contribution in [2.45, 2.75) is 309 Å². The predicted molar refractivity (Wildman–Crippen MR) is 326 cm³/mol. The first-order valence-corrected chi connectivity index (χ1v) is 34.2. The molecule has 0 aliphatic heterocycles. The van der Waals surface area contributed by atoms with Crippen LogP contribution in [0.15, 0.2) is 12.2 Å². The zero-order valence-electron chi connectivity index (χ0n) is 53.0. The molecule has 10 saturated carbocycles. The average Bonchev–Trinajstić information content (AvgIpc) is 4.26. The monoisotopic (exact) mass is 1030 g/mol. The van der Waals surface area contributed by atoms with E-state index in [2.05, 4.69) is 96.6 Å². The summed E-state index contributed by atoms with van der Waals surface area (Å²) in [7, 11) is 0. The Kier molecular flexibility index (Phi) is 31.1. The van der Waals surface area contributed by atoms with Gasteiger partial charge in [0.25, 0.3) is 0 Å². The maximum atomic E-state index is 10.8. The molecule has 4 bridgehead atoms. The fourth-order valence-corrected chi connectivity index (χ4v) is 17.2. The van der Waals surface area contributed by atoms with E-state index in [0.717, 1.165) is 113 Å². The van der Waals surface area contributed by atoms with E-state index in [0.29, 0.717) is 18.1 Å². The maximum absolute atomic E-state index is 10.8. The molecule has 13 atom stereocenters. The van der Waals surface area contributed by atoms with Crippen LogP contribution >= 0.6 is 0 Å². The predicted octanol–water partition coefficient (Wildman–Crippen LogP) is 22.9. The molecule has 0 radical (unpaired) electrons. The van der Waals surface area contributed by atoms with E-state index in [1.54, 1.807) is 64.7 Å². The number of rotatable bonds is 9. The molecule has 13 unspecified atom stereocenters. The Morgan fingerprint density at radius 3 is 1.16 bits per heavy atom. The van der Waals surface area contributed by atoms with Gasteiger partial charge in [0.1, 0.15) is 0 Å². The van der Waals surface area contributed by atoms with Crippen LogP contribution in [0.25, 0.3) is 0 Å². The number of hydrogen-bond donors (Lipinski definition) is 0. The Bertz CT molecular complexity index is 1380. The van der Waals surface area contributed by atoms with E-state index in [1.807, 2.05) is 6.92 Å². The number of carbonyl (C=O) groups excluding carboxylic acids is 1. The van der Waals surface area contributed by atoms with Gasteiger partial charge < -0.3 is 4.74 Å². The topological polar surface area (TPSA) is 26.3 Å². The molecule has 10 rings (SSSR count). The molecule has 0 aromatic carbocycles. The quantitative estimate of drug-likeness (QED) is 0.170. The van der Waals surface area contributed by atoms with E-state index >= 15 is 0 Å². The van der Waals surface area contributed by atoms with Crippen LogP contribution in [0.5, 0.6) is 0 Å². The summed E-state index contributed by atoms with van der Waals surface area (Å²) in [5.74, 6) is 21.8. The Balaban J connectivity index is 0.000000189. The zero-order valence-corrected chi connectivity index (χ0v) is 53.0. The Morgan fingerprint density at radius 1 is 0.419 bits per heavy atom. The first-order chi connectivity index (χ1) is 35.4. The van der Waals surface area contributed by atoms with Gasteiger partial charge in [-0.15, -0.1) is 0 Å². The van der Waals surface area contributed by atoms with Crippen molar-refractivity contribution < 1.29 is 9.53 Å². The number of esters is 1. The van der Waals surface area contributed by atoms with Crippen LogP contribution < -0.4 is 0 Å². The highest BCUT2D eigenvalue weighted by Crippen LogP contribution is 2.63. The first-order valence-electron chi connectivity index (χ1n) is 34.2. The molecular formula is C72H134O2. The van der Waals surface area contributed by atoms with Crippen molar-refractivity contribution in [3.05, 3.63) is 12.2 Å². The second kappa shape index (κ2) is 35.1. The standard InChI is InChI=1S/C14H24.C14H26.C10H20.C9H16O2.C9H16.2C8H16/c1-3-9-5-12-11-7-10(4-2)13(8-11)14(12)6-9;1-11-3-7-13(8-4-11)14-9-5-12(2)6-10-14;1-3-9-5-7-10(4-2)8-6-9;1-5-8(4)6-11-9(10)7(2)3;1-6-7(2)9-4-3-8(6)5-9;1-7-3-5-8(2)6-4-7;1-7-4-3-5-8(2)6-7/h9-14H,3-8H2,1-2H3;11-14H,3-10H2,1-2H3;9-10H,3-8H2,1-2H3;8H,2,5-6H2,1,3-4H3;6-9H,3-5H2,1-2H3;2*7-8H,3-6H2,1-2H3. The van der Waals surface area contributed by atoms with Crippen molar-refractivity contribution in [2.24, 2.45) is 124 Å². The largest absolute Gasteiger partial charge is 0.462 e. The van der Waals surface area contributed by atoms with Crippen molar-refractivity contribution in [3.63, 3.8) is 0 Å². The third-order valence-electron chi connectivity index (χ3n) is 23.6. The third-order valence-corrected chi connectivity index (χ3v) is 23.6. The van der Waals surface area contributed by atoms with Gasteiger partial charge in [-0.25, -0.2) is 4.79 Å². The molecule has 10 aliphatic rings. The van der Waals surface area contributed by atoms with Crippen molar-refractivity contribution in [1.82, 2.24) is 0 Å². The van der Waals surface area contributed by atoms with Crippen LogP contribution in [-0.4, -0.2) is 12.6 Å². The van der Waals surface area contributed by atoms with Gasteiger partial charge in [0, 0.05) is 5.57 Å². The molecule has 2 heteroatoms. The van der Waals surface area contributed by atoms with Crippen molar-refractivity contribution in [3.8, 4) is 0 Å². The second-order valence-electron chi connectivity index (χ2n) is 29.6. The molecule has 434 valence electrons. The molecule has 0 aromatic rings. The Hall–Kier alpha value is -0.790. The van der Waals surface area contributed by atoms with E-state index in [4.69, 9.17) is 4.74 Å². The second-order valence-corrected chi connectivity index (χ2v) is 29.6. The van der Waals surface area contributed by atoms with Crippen molar-refractivity contribution in [2.75, 3.05) is 6.61 Å². The molecule has 0 aromatic heterocycles. The lowest BCUT2D eigenvalue weighted by atomic mass is 9.70. The summed E-state index contributed by atoms with van der Waals surface area (Å²) in [5.41, 5.74) is 0.466. The van der Waals surface area contributed by atoms with Crippen LogP contribution in [0.2, 0.25) is 0 Å². The van der Waals surface area contributed by atoms with E-state index in [9.17, 15) is 4.79 Å². The molecule has 10 aliphatic carbocycles. The van der Waals surface area contributed by atoms with Gasteiger partial charge in [-0.1, -0.05) is 232 Å². The average molecular weight is 1030 g/mol. The Morgan fingerprint density at radius 2 is 0.824 bits per heavy atom. The molecule has 2 nitrogen and oxygen atoms in total. The zero-order chi connectivity index (χ0) is 54.3. The van der Waals surface area contributed by atoms with Crippen LogP contribution in [-0.2, 0) is 9.53 Å².